The molecule has 0 aliphatic rings. The molecule has 0 spiro atoms. The molecule has 0 aromatic heterocycles. The van der Waals surface area contributed by atoms with Gasteiger partial charge in [-0.2, -0.15) is 4.31 Å². The van der Waals surface area contributed by atoms with Crippen molar-refractivity contribution < 1.29 is 22.7 Å². The molecule has 0 unspecified atom stereocenters. The van der Waals surface area contributed by atoms with E-state index in [1.165, 1.54) is 39.0 Å². The van der Waals surface area contributed by atoms with Gasteiger partial charge >= 0.3 is 0 Å². The Bertz CT molecular complexity index is 993. The SMILES string of the molecule is CC[C@H](C)c1ccc(NC(=O)CN(C)S(=O)(=O)c2cc(OC)c(OC)cc2Br)cc1. The van der Waals surface area contributed by atoms with Crippen LogP contribution in [0.25, 0.3) is 0 Å². The van der Waals surface area contributed by atoms with Crippen molar-refractivity contribution in [3.05, 3.63) is 46.4 Å². The van der Waals surface area contributed by atoms with Crippen LogP contribution in [0.1, 0.15) is 31.7 Å². The van der Waals surface area contributed by atoms with Gasteiger partial charge < -0.3 is 14.8 Å². The van der Waals surface area contributed by atoms with Crippen molar-refractivity contribution in [3.8, 4) is 11.5 Å². The van der Waals surface area contributed by atoms with E-state index in [2.05, 4.69) is 35.1 Å². The molecule has 2 aromatic rings. The van der Waals surface area contributed by atoms with Crippen molar-refractivity contribution in [2.45, 2.75) is 31.1 Å². The van der Waals surface area contributed by atoms with Crippen LogP contribution in [0.15, 0.2) is 45.8 Å². The molecule has 0 saturated carbocycles. The maximum absolute atomic E-state index is 13.0. The number of anilines is 1. The van der Waals surface area contributed by atoms with E-state index in [0.717, 1.165) is 10.7 Å². The minimum absolute atomic E-state index is 0.0200. The van der Waals surface area contributed by atoms with E-state index in [1.807, 2.05) is 24.3 Å². The zero-order valence-corrected chi connectivity index (χ0v) is 20.1. The minimum Gasteiger partial charge on any atom is -0.493 e. The van der Waals surface area contributed by atoms with Crippen LogP contribution in [0.3, 0.4) is 0 Å². The predicted molar refractivity (Wildman–Crippen MR) is 121 cm³/mol. The Hall–Kier alpha value is -2.10. The highest BCUT2D eigenvalue weighted by atomic mass is 79.9. The number of amides is 1. The van der Waals surface area contributed by atoms with Gasteiger partial charge in [-0.05, 0) is 52.0 Å². The molecule has 0 fully saturated rings. The van der Waals surface area contributed by atoms with Crippen LogP contribution in [0.4, 0.5) is 5.69 Å². The lowest BCUT2D eigenvalue weighted by Gasteiger charge is -2.19. The number of hydrogen-bond acceptors (Lipinski definition) is 5. The van der Waals surface area contributed by atoms with E-state index >= 15 is 0 Å². The summed E-state index contributed by atoms with van der Waals surface area (Å²) in [7, 11) is 0.291. The number of ether oxygens (including phenoxy) is 2. The lowest BCUT2D eigenvalue weighted by atomic mass is 9.99. The number of halogens is 1. The van der Waals surface area contributed by atoms with Crippen LogP contribution in [0.5, 0.6) is 11.5 Å². The molecule has 1 atom stereocenters. The Balaban J connectivity index is 2.14. The summed E-state index contributed by atoms with van der Waals surface area (Å²) in [5.74, 6) is 0.669. The number of sulfonamides is 1. The van der Waals surface area contributed by atoms with Gasteiger partial charge in [-0.3, -0.25) is 4.79 Å². The molecule has 0 aliphatic heterocycles. The van der Waals surface area contributed by atoms with E-state index in [1.54, 1.807) is 0 Å². The van der Waals surface area contributed by atoms with Gasteiger partial charge in [0.1, 0.15) is 4.90 Å². The van der Waals surface area contributed by atoms with Gasteiger partial charge in [-0.25, -0.2) is 8.42 Å². The zero-order chi connectivity index (χ0) is 22.5. The summed E-state index contributed by atoms with van der Waals surface area (Å²) < 4.78 is 37.6. The maximum atomic E-state index is 13.0. The van der Waals surface area contributed by atoms with Gasteiger partial charge in [0, 0.05) is 23.3 Å². The highest BCUT2D eigenvalue weighted by Crippen LogP contribution is 2.36. The van der Waals surface area contributed by atoms with E-state index in [9.17, 15) is 13.2 Å². The molecule has 1 amide bonds. The van der Waals surface area contributed by atoms with Crippen LogP contribution in [-0.4, -0.2) is 46.4 Å². The molecule has 30 heavy (non-hydrogen) atoms. The number of nitrogens with one attached hydrogen (secondary N) is 1. The van der Waals surface area contributed by atoms with Gasteiger partial charge in [-0.1, -0.05) is 26.0 Å². The molecule has 0 heterocycles. The first kappa shape index (κ1) is 24.2. The molecule has 164 valence electrons. The number of carbonyl (C=O) groups is 1. The Labute approximate surface area is 186 Å². The lowest BCUT2D eigenvalue weighted by Crippen LogP contribution is -2.35. The van der Waals surface area contributed by atoms with Crippen molar-refractivity contribution >= 4 is 37.5 Å². The average Bonchev–Trinajstić information content (AvgIpc) is 2.72. The largest absolute Gasteiger partial charge is 0.493 e. The number of methoxy groups -OCH3 is 2. The molecule has 1 N–H and O–H groups in total. The molecular formula is C21H27BrN2O5S. The van der Waals surface area contributed by atoms with E-state index in [0.29, 0.717) is 21.8 Å². The quantitative estimate of drug-likeness (QED) is 0.558. The van der Waals surface area contributed by atoms with Crippen LogP contribution in [0.2, 0.25) is 0 Å². The number of likely N-dealkylation sites (N-methyl/N-ethyl adjacent to an activating group) is 1. The summed E-state index contributed by atoms with van der Waals surface area (Å²) in [6, 6.07) is 10.4. The monoisotopic (exact) mass is 498 g/mol. The molecule has 0 aliphatic carbocycles. The minimum atomic E-state index is -3.95. The molecule has 0 bridgehead atoms. The van der Waals surface area contributed by atoms with Gasteiger partial charge in [0.2, 0.25) is 15.9 Å². The number of nitrogens with zero attached hydrogens (tertiary/aromatic N) is 1. The molecular weight excluding hydrogens is 472 g/mol. The molecule has 7 nitrogen and oxygen atoms in total. The number of carbonyl (C=O) groups excluding carboxylic acids is 1. The topological polar surface area (TPSA) is 84.9 Å². The average molecular weight is 499 g/mol. The molecule has 9 heteroatoms. The van der Waals surface area contributed by atoms with Gasteiger partial charge in [-0.15, -0.1) is 0 Å². The Morgan fingerprint density at radius 3 is 2.23 bits per heavy atom. The Morgan fingerprint density at radius 1 is 1.13 bits per heavy atom. The Kier molecular flexibility index (Phi) is 8.28. The number of benzene rings is 2. The van der Waals surface area contributed by atoms with Crippen LogP contribution in [-0.2, 0) is 14.8 Å². The van der Waals surface area contributed by atoms with Crippen molar-refractivity contribution in [2.75, 3.05) is 33.1 Å². The molecule has 0 saturated heterocycles. The predicted octanol–water partition coefficient (Wildman–Crippen LogP) is 4.24. The highest BCUT2D eigenvalue weighted by molar-refractivity contribution is 9.10. The summed E-state index contributed by atoms with van der Waals surface area (Å²) in [6.07, 6.45) is 1.03. The smallest absolute Gasteiger partial charge is 0.244 e. The normalized spacial score (nSPS) is 12.5. The number of rotatable bonds is 9. The van der Waals surface area contributed by atoms with Crippen LogP contribution in [0, 0.1) is 0 Å². The fraction of sp³-hybridized carbons (Fsp3) is 0.381. The van der Waals surface area contributed by atoms with E-state index in [4.69, 9.17) is 9.47 Å². The summed E-state index contributed by atoms with van der Waals surface area (Å²) >= 11 is 3.26. The first-order valence-electron chi connectivity index (χ1n) is 9.41. The molecule has 2 rings (SSSR count). The summed E-state index contributed by atoms with van der Waals surface area (Å²) in [5.41, 5.74) is 1.80. The second kappa shape index (κ2) is 10.3. The summed E-state index contributed by atoms with van der Waals surface area (Å²) in [4.78, 5) is 12.4. The molecule has 2 aromatic carbocycles. The van der Waals surface area contributed by atoms with Crippen molar-refractivity contribution in [2.24, 2.45) is 0 Å². The highest BCUT2D eigenvalue weighted by Gasteiger charge is 2.27. The van der Waals surface area contributed by atoms with E-state index in [-0.39, 0.29) is 17.2 Å². The molecule has 0 radical (unpaired) electrons. The second-order valence-corrected chi connectivity index (χ2v) is 9.75. The van der Waals surface area contributed by atoms with E-state index < -0.39 is 15.9 Å². The van der Waals surface area contributed by atoms with Crippen molar-refractivity contribution in [1.29, 1.82) is 0 Å². The first-order chi connectivity index (χ1) is 14.1. The van der Waals surface area contributed by atoms with Gasteiger partial charge in [0.25, 0.3) is 0 Å². The first-order valence-corrected chi connectivity index (χ1v) is 11.6. The van der Waals surface area contributed by atoms with Crippen LogP contribution < -0.4 is 14.8 Å². The third-order valence-electron chi connectivity index (χ3n) is 4.87. The lowest BCUT2D eigenvalue weighted by molar-refractivity contribution is -0.116. The fourth-order valence-corrected chi connectivity index (χ4v) is 4.94. The second-order valence-electron chi connectivity index (χ2n) is 6.88. The summed E-state index contributed by atoms with van der Waals surface area (Å²) in [5, 5.41) is 2.73. The Morgan fingerprint density at radius 2 is 1.70 bits per heavy atom. The maximum Gasteiger partial charge on any atom is 0.244 e. The van der Waals surface area contributed by atoms with Crippen molar-refractivity contribution in [1.82, 2.24) is 4.31 Å². The zero-order valence-electron chi connectivity index (χ0n) is 17.7. The van der Waals surface area contributed by atoms with Crippen LogP contribution >= 0.6 is 15.9 Å². The number of hydrogen-bond donors (Lipinski definition) is 1. The fourth-order valence-electron chi connectivity index (χ4n) is 2.82. The van der Waals surface area contributed by atoms with Gasteiger partial charge in [0.15, 0.2) is 11.5 Å². The summed E-state index contributed by atoms with van der Waals surface area (Å²) in [6.45, 7) is 3.92. The van der Waals surface area contributed by atoms with Crippen molar-refractivity contribution in [3.63, 3.8) is 0 Å². The standard InChI is InChI=1S/C21H27BrN2O5S/c1-6-14(2)15-7-9-16(10-8-15)23-21(25)13-24(3)30(26,27)20-12-19(29-5)18(28-4)11-17(20)22/h7-12,14H,6,13H2,1-5H3,(H,23,25)/t14-/m0/s1. The third-order valence-corrected chi connectivity index (χ3v) is 7.63. The van der Waals surface area contributed by atoms with Gasteiger partial charge in [0.05, 0.1) is 20.8 Å². The third kappa shape index (κ3) is 5.53.